The smallest absolute Gasteiger partial charge is 0.311 e. The third-order valence-electron chi connectivity index (χ3n) is 8.29. The lowest BCUT2D eigenvalue weighted by Gasteiger charge is -2.36. The molecule has 0 N–H and O–H groups in total. The summed E-state index contributed by atoms with van der Waals surface area (Å²) < 4.78 is 18.0. The standard InChI is InChI=1S/C29H30O6S/c1-28(2,3)27(32)34-24-17-13-16-21(25(30)33-23(16)24)22(17)26(31)35-29(4)18-10-6-5-9-15(18)14-36-20-12-8-7-11-19(20)29/h5-12,16-17,21-24H,13-14H2,1-4H3. The molecule has 3 fully saturated rings. The fraction of sp³-hybridized carbons (Fsp3) is 0.483. The zero-order chi connectivity index (χ0) is 25.4. The van der Waals surface area contributed by atoms with Crippen LogP contribution in [-0.2, 0) is 39.9 Å². The Bertz CT molecular complexity index is 1210. The first-order valence-electron chi connectivity index (χ1n) is 12.5. The third-order valence-corrected chi connectivity index (χ3v) is 9.42. The molecule has 7 atom stereocenters. The van der Waals surface area contributed by atoms with E-state index in [2.05, 4.69) is 12.1 Å². The zero-order valence-electron chi connectivity index (χ0n) is 20.9. The number of benzene rings is 2. The van der Waals surface area contributed by atoms with Gasteiger partial charge < -0.3 is 14.2 Å². The van der Waals surface area contributed by atoms with Crippen LogP contribution in [0.3, 0.4) is 0 Å². The van der Waals surface area contributed by atoms with Gasteiger partial charge in [0.25, 0.3) is 0 Å². The summed E-state index contributed by atoms with van der Waals surface area (Å²) in [5.74, 6) is -2.08. The predicted molar refractivity (Wildman–Crippen MR) is 133 cm³/mol. The molecule has 7 heteroatoms. The number of hydrogen-bond acceptors (Lipinski definition) is 7. The van der Waals surface area contributed by atoms with Crippen LogP contribution in [0.1, 0.15) is 50.8 Å². The second-order valence-electron chi connectivity index (χ2n) is 11.5. The van der Waals surface area contributed by atoms with E-state index in [9.17, 15) is 14.4 Å². The van der Waals surface area contributed by atoms with Crippen molar-refractivity contribution in [2.24, 2.45) is 29.1 Å². The summed E-state index contributed by atoms with van der Waals surface area (Å²) in [6.07, 6.45) is -0.490. The van der Waals surface area contributed by atoms with Gasteiger partial charge in [0.1, 0.15) is 12.2 Å². The maximum Gasteiger partial charge on any atom is 0.311 e. The molecule has 2 saturated carbocycles. The largest absolute Gasteiger partial charge is 0.458 e. The van der Waals surface area contributed by atoms with Gasteiger partial charge in [0.15, 0.2) is 5.60 Å². The van der Waals surface area contributed by atoms with E-state index in [1.807, 2.05) is 43.3 Å². The molecule has 6 nitrogen and oxygen atoms in total. The fourth-order valence-corrected chi connectivity index (χ4v) is 7.70. The normalized spacial score (nSPS) is 33.8. The SMILES string of the molecule is CC(C)(C)C(=O)OC1C2CC3C1OC(=O)C3C2C(=O)OC1(C)c2ccccc2CSc2ccccc21. The maximum atomic E-state index is 14.0. The summed E-state index contributed by atoms with van der Waals surface area (Å²) in [6, 6.07) is 16.0. The number of thioether (sulfide) groups is 1. The first-order valence-corrected chi connectivity index (χ1v) is 13.5. The Hall–Kier alpha value is -2.80. The number of rotatable bonds is 3. The van der Waals surface area contributed by atoms with Crippen LogP contribution in [-0.4, -0.2) is 30.1 Å². The molecule has 0 radical (unpaired) electrons. The Kier molecular flexibility index (Phi) is 5.31. The Morgan fingerprint density at radius 2 is 1.72 bits per heavy atom. The molecular formula is C29H30O6S. The average molecular weight is 507 g/mol. The molecule has 2 aromatic carbocycles. The van der Waals surface area contributed by atoms with Crippen molar-refractivity contribution in [2.45, 2.75) is 62.6 Å². The molecule has 2 aliphatic heterocycles. The Labute approximate surface area is 215 Å². The lowest BCUT2D eigenvalue weighted by molar-refractivity contribution is -0.176. The molecule has 2 aliphatic carbocycles. The molecule has 2 heterocycles. The quantitative estimate of drug-likeness (QED) is 0.434. The zero-order valence-corrected chi connectivity index (χ0v) is 21.7. The summed E-state index contributed by atoms with van der Waals surface area (Å²) in [5, 5.41) is 0. The molecule has 4 aliphatic rings. The highest BCUT2D eigenvalue weighted by Gasteiger charge is 2.70. The molecule has 1 saturated heterocycles. The lowest BCUT2D eigenvalue weighted by atomic mass is 9.78. The molecule has 36 heavy (non-hydrogen) atoms. The second kappa shape index (κ2) is 8.10. The minimum atomic E-state index is -1.02. The fourth-order valence-electron chi connectivity index (χ4n) is 6.55. The monoisotopic (exact) mass is 506 g/mol. The van der Waals surface area contributed by atoms with Gasteiger partial charge in [0.2, 0.25) is 0 Å². The van der Waals surface area contributed by atoms with Crippen LogP contribution in [0.4, 0.5) is 0 Å². The van der Waals surface area contributed by atoms with Gasteiger partial charge in [0.05, 0.1) is 17.3 Å². The summed E-state index contributed by atoms with van der Waals surface area (Å²) in [4.78, 5) is 40.7. The van der Waals surface area contributed by atoms with Crippen LogP contribution in [0.5, 0.6) is 0 Å². The van der Waals surface area contributed by atoms with Crippen molar-refractivity contribution >= 4 is 29.7 Å². The van der Waals surface area contributed by atoms with Crippen LogP contribution >= 0.6 is 11.8 Å². The van der Waals surface area contributed by atoms with Crippen molar-refractivity contribution in [3.05, 3.63) is 65.2 Å². The van der Waals surface area contributed by atoms with Gasteiger partial charge >= 0.3 is 17.9 Å². The Morgan fingerprint density at radius 1 is 1.03 bits per heavy atom. The topological polar surface area (TPSA) is 78.9 Å². The van der Waals surface area contributed by atoms with E-state index in [4.69, 9.17) is 14.2 Å². The molecule has 188 valence electrons. The van der Waals surface area contributed by atoms with Crippen molar-refractivity contribution in [2.75, 3.05) is 0 Å². The molecule has 7 unspecified atom stereocenters. The Morgan fingerprint density at radius 3 is 2.47 bits per heavy atom. The first-order chi connectivity index (χ1) is 17.1. The molecule has 0 spiro atoms. The van der Waals surface area contributed by atoms with Crippen LogP contribution in [0.2, 0.25) is 0 Å². The van der Waals surface area contributed by atoms with E-state index >= 15 is 0 Å². The van der Waals surface area contributed by atoms with Gasteiger partial charge in [-0.2, -0.15) is 0 Å². The predicted octanol–water partition coefficient (Wildman–Crippen LogP) is 4.86. The van der Waals surface area contributed by atoms with Crippen LogP contribution in [0, 0.1) is 29.1 Å². The van der Waals surface area contributed by atoms with Gasteiger partial charge in [-0.1, -0.05) is 42.5 Å². The van der Waals surface area contributed by atoms with Gasteiger partial charge in [0, 0.05) is 33.6 Å². The van der Waals surface area contributed by atoms with Gasteiger partial charge in [-0.3, -0.25) is 14.4 Å². The highest BCUT2D eigenvalue weighted by atomic mass is 32.2. The minimum Gasteiger partial charge on any atom is -0.458 e. The molecule has 2 aromatic rings. The summed E-state index contributed by atoms with van der Waals surface area (Å²) in [5.41, 5.74) is 1.27. The van der Waals surface area contributed by atoms with E-state index in [0.29, 0.717) is 6.42 Å². The highest BCUT2D eigenvalue weighted by Crippen LogP contribution is 2.60. The van der Waals surface area contributed by atoms with E-state index in [1.54, 1.807) is 32.5 Å². The summed E-state index contributed by atoms with van der Waals surface area (Å²) >= 11 is 1.72. The number of carbonyl (C=O) groups is 3. The van der Waals surface area contributed by atoms with Crippen molar-refractivity contribution < 1.29 is 28.6 Å². The Balaban J connectivity index is 1.36. The van der Waals surface area contributed by atoms with Crippen LogP contribution in [0.25, 0.3) is 0 Å². The van der Waals surface area contributed by atoms with Crippen LogP contribution < -0.4 is 0 Å². The second-order valence-corrected chi connectivity index (χ2v) is 12.5. The maximum absolute atomic E-state index is 14.0. The molecule has 2 bridgehead atoms. The lowest BCUT2D eigenvalue weighted by Crippen LogP contribution is -2.46. The van der Waals surface area contributed by atoms with E-state index in [1.165, 1.54) is 0 Å². The molecule has 0 aromatic heterocycles. The first kappa shape index (κ1) is 23.6. The van der Waals surface area contributed by atoms with E-state index in [-0.39, 0.29) is 23.8 Å². The van der Waals surface area contributed by atoms with Crippen LogP contribution in [0.15, 0.2) is 53.4 Å². The van der Waals surface area contributed by atoms with Gasteiger partial charge in [-0.05, 0) is 45.7 Å². The number of fused-ring (bicyclic) bond motifs is 3. The number of esters is 3. The number of hydrogen-bond donors (Lipinski definition) is 0. The molecular weight excluding hydrogens is 476 g/mol. The van der Waals surface area contributed by atoms with Crippen molar-refractivity contribution in [1.29, 1.82) is 0 Å². The van der Waals surface area contributed by atoms with Gasteiger partial charge in [-0.25, -0.2) is 0 Å². The summed E-state index contributed by atoms with van der Waals surface area (Å²) in [7, 11) is 0. The highest BCUT2D eigenvalue weighted by molar-refractivity contribution is 7.98. The van der Waals surface area contributed by atoms with Gasteiger partial charge in [-0.15, -0.1) is 11.8 Å². The van der Waals surface area contributed by atoms with E-state index in [0.717, 1.165) is 27.3 Å². The van der Waals surface area contributed by atoms with Crippen molar-refractivity contribution in [3.63, 3.8) is 0 Å². The molecule has 0 amide bonds. The summed E-state index contributed by atoms with van der Waals surface area (Å²) in [6.45, 7) is 7.31. The number of carbonyl (C=O) groups excluding carboxylic acids is 3. The molecule has 6 rings (SSSR count). The third kappa shape index (κ3) is 3.42. The minimum absolute atomic E-state index is 0.130. The number of ether oxygens (including phenoxy) is 3. The van der Waals surface area contributed by atoms with Crippen molar-refractivity contribution in [1.82, 2.24) is 0 Å². The average Bonchev–Trinajstić information content (AvgIpc) is 3.43. The van der Waals surface area contributed by atoms with Crippen molar-refractivity contribution in [3.8, 4) is 0 Å². The van der Waals surface area contributed by atoms with E-state index < -0.39 is 41.0 Å².